The van der Waals surface area contributed by atoms with Crippen LogP contribution < -0.4 is 0 Å². The van der Waals surface area contributed by atoms with E-state index in [0.717, 1.165) is 0 Å². The van der Waals surface area contributed by atoms with Crippen LogP contribution in [0.2, 0.25) is 0 Å². The predicted molar refractivity (Wildman–Crippen MR) is 147 cm³/mol. The zero-order valence-electron chi connectivity index (χ0n) is 18.7. The van der Waals surface area contributed by atoms with Crippen molar-refractivity contribution in [2.24, 2.45) is 0 Å². The van der Waals surface area contributed by atoms with Gasteiger partial charge in [-0.1, -0.05) is 109 Å². The molecular weight excluding hydrogens is 408 g/mol. The molecule has 158 valence electrons. The Kier molecular flexibility index (Phi) is 4.25. The smallest absolute Gasteiger partial charge is 0.00986 e. The van der Waals surface area contributed by atoms with Gasteiger partial charge in [0.15, 0.2) is 0 Å². The lowest BCUT2D eigenvalue weighted by Crippen LogP contribution is -1.88. The quantitative estimate of drug-likeness (QED) is 0.189. The summed E-state index contributed by atoms with van der Waals surface area (Å²) in [5, 5.41) is 10.4. The van der Waals surface area contributed by atoms with Crippen molar-refractivity contribution in [2.45, 2.75) is 0 Å². The number of benzene rings is 7. The van der Waals surface area contributed by atoms with E-state index in [0.29, 0.717) is 0 Å². The summed E-state index contributed by atoms with van der Waals surface area (Å²) >= 11 is 0. The van der Waals surface area contributed by atoms with Crippen LogP contribution in [0.1, 0.15) is 0 Å². The molecule has 0 N–H and O–H groups in total. The van der Waals surface area contributed by atoms with Gasteiger partial charge in [-0.25, -0.2) is 0 Å². The first-order chi connectivity index (χ1) is 16.9. The standard InChI is InChI=1S/C34H22/c1-3-11-23(12-4-1)31-19-25-21-34-26(22-33(25)29-17-9-7-15-27(29)31)20-32(24-13-5-2-6-14-24)28-16-8-10-18-30(28)34/h1-22H. The van der Waals surface area contributed by atoms with E-state index in [1.54, 1.807) is 0 Å². The highest BCUT2D eigenvalue weighted by Gasteiger charge is 2.13. The van der Waals surface area contributed by atoms with Crippen LogP contribution in [0.4, 0.5) is 0 Å². The minimum atomic E-state index is 1.25. The molecular formula is C34H22. The minimum Gasteiger partial charge on any atom is -0.0622 e. The maximum atomic E-state index is 2.39. The fraction of sp³-hybridized carbons (Fsp3) is 0. The predicted octanol–water partition coefficient (Wildman–Crippen LogP) is 9.63. The molecule has 0 nitrogen and oxygen atoms in total. The van der Waals surface area contributed by atoms with Gasteiger partial charge in [-0.2, -0.15) is 0 Å². The molecule has 0 saturated heterocycles. The van der Waals surface area contributed by atoms with Crippen molar-refractivity contribution in [1.29, 1.82) is 0 Å². The lowest BCUT2D eigenvalue weighted by Gasteiger charge is -2.15. The first kappa shape index (κ1) is 19.1. The van der Waals surface area contributed by atoms with Crippen LogP contribution in [0.25, 0.3) is 65.3 Å². The summed E-state index contributed by atoms with van der Waals surface area (Å²) in [4.78, 5) is 0. The van der Waals surface area contributed by atoms with Crippen LogP contribution >= 0.6 is 0 Å². The van der Waals surface area contributed by atoms with E-state index in [1.165, 1.54) is 65.3 Å². The Bertz CT molecular complexity index is 1690. The van der Waals surface area contributed by atoms with Crippen LogP contribution in [0.3, 0.4) is 0 Å². The molecule has 0 saturated carbocycles. The molecule has 34 heavy (non-hydrogen) atoms. The van der Waals surface area contributed by atoms with Gasteiger partial charge in [0.05, 0.1) is 0 Å². The highest BCUT2D eigenvalue weighted by atomic mass is 14.2. The third kappa shape index (κ3) is 2.93. The summed E-state index contributed by atoms with van der Waals surface area (Å²) in [6, 6.07) is 48.6. The average Bonchev–Trinajstić information content (AvgIpc) is 2.92. The number of hydrogen-bond donors (Lipinski definition) is 0. The molecule has 7 aromatic rings. The topological polar surface area (TPSA) is 0 Å². The largest absolute Gasteiger partial charge is 0.0622 e. The Balaban J connectivity index is 1.63. The van der Waals surface area contributed by atoms with Gasteiger partial charge in [0, 0.05) is 0 Å². The van der Waals surface area contributed by atoms with Gasteiger partial charge in [-0.15, -0.1) is 0 Å². The fourth-order valence-electron chi connectivity index (χ4n) is 5.42. The molecule has 7 rings (SSSR count). The molecule has 0 heterocycles. The van der Waals surface area contributed by atoms with E-state index >= 15 is 0 Å². The second kappa shape index (κ2) is 7.57. The second-order valence-electron chi connectivity index (χ2n) is 8.97. The maximum absolute atomic E-state index is 2.39. The third-order valence-corrected chi connectivity index (χ3v) is 7.01. The summed E-state index contributed by atoms with van der Waals surface area (Å²) in [5.41, 5.74) is 5.08. The third-order valence-electron chi connectivity index (χ3n) is 7.01. The van der Waals surface area contributed by atoms with Crippen molar-refractivity contribution in [3.05, 3.63) is 133 Å². The van der Waals surface area contributed by atoms with Crippen molar-refractivity contribution < 1.29 is 0 Å². The molecule has 0 radical (unpaired) electrons. The van der Waals surface area contributed by atoms with Crippen LogP contribution in [-0.2, 0) is 0 Å². The van der Waals surface area contributed by atoms with E-state index in [-0.39, 0.29) is 0 Å². The molecule has 0 aliphatic heterocycles. The Morgan fingerprint density at radius 3 is 1.03 bits per heavy atom. The monoisotopic (exact) mass is 430 g/mol. The van der Waals surface area contributed by atoms with Gasteiger partial charge >= 0.3 is 0 Å². The molecule has 0 fully saturated rings. The summed E-state index contributed by atoms with van der Waals surface area (Å²) < 4.78 is 0. The molecule has 0 aliphatic carbocycles. The first-order valence-electron chi connectivity index (χ1n) is 11.8. The minimum absolute atomic E-state index is 1.25. The highest BCUT2D eigenvalue weighted by molar-refractivity contribution is 6.21. The van der Waals surface area contributed by atoms with Crippen molar-refractivity contribution in [3.63, 3.8) is 0 Å². The number of rotatable bonds is 2. The van der Waals surface area contributed by atoms with Crippen molar-refractivity contribution >= 4 is 43.1 Å². The van der Waals surface area contributed by atoms with Crippen LogP contribution in [0.5, 0.6) is 0 Å². The van der Waals surface area contributed by atoms with Crippen LogP contribution in [0.15, 0.2) is 133 Å². The summed E-state index contributed by atoms with van der Waals surface area (Å²) in [6.45, 7) is 0. The summed E-state index contributed by atoms with van der Waals surface area (Å²) in [5.74, 6) is 0. The molecule has 0 aliphatic rings. The lowest BCUT2D eigenvalue weighted by molar-refractivity contribution is 1.66. The Labute approximate surface area is 198 Å². The maximum Gasteiger partial charge on any atom is -0.00986 e. The van der Waals surface area contributed by atoms with Crippen LogP contribution in [0, 0.1) is 0 Å². The summed E-state index contributed by atoms with van der Waals surface area (Å²) in [6.07, 6.45) is 0. The average molecular weight is 431 g/mol. The van der Waals surface area contributed by atoms with E-state index < -0.39 is 0 Å². The molecule has 0 aromatic heterocycles. The van der Waals surface area contributed by atoms with E-state index in [1.807, 2.05) is 0 Å². The SMILES string of the molecule is c1ccc(-c2cc3cc4c(cc(-c5ccccc5)c5ccccc54)cc3c3ccccc23)cc1. The van der Waals surface area contributed by atoms with E-state index in [4.69, 9.17) is 0 Å². The molecule has 0 spiro atoms. The molecule has 0 heteroatoms. The molecule has 0 unspecified atom stereocenters. The van der Waals surface area contributed by atoms with Gasteiger partial charge in [-0.3, -0.25) is 0 Å². The first-order valence-corrected chi connectivity index (χ1v) is 11.8. The Morgan fingerprint density at radius 1 is 0.265 bits per heavy atom. The summed E-state index contributed by atoms with van der Waals surface area (Å²) in [7, 11) is 0. The Hall–Kier alpha value is -4.42. The van der Waals surface area contributed by atoms with Gasteiger partial charge in [-0.05, 0) is 89.6 Å². The normalized spacial score (nSPS) is 11.5. The molecule has 0 atom stereocenters. The lowest BCUT2D eigenvalue weighted by atomic mass is 9.89. The van der Waals surface area contributed by atoms with Gasteiger partial charge in [0.25, 0.3) is 0 Å². The molecule has 0 amide bonds. The zero-order chi connectivity index (χ0) is 22.5. The van der Waals surface area contributed by atoms with E-state index in [2.05, 4.69) is 133 Å². The molecule has 0 bridgehead atoms. The zero-order valence-corrected chi connectivity index (χ0v) is 18.7. The van der Waals surface area contributed by atoms with Gasteiger partial charge in [0.1, 0.15) is 0 Å². The van der Waals surface area contributed by atoms with Crippen molar-refractivity contribution in [2.75, 3.05) is 0 Å². The van der Waals surface area contributed by atoms with Crippen molar-refractivity contribution in [1.82, 2.24) is 0 Å². The molecule has 7 aromatic carbocycles. The van der Waals surface area contributed by atoms with Gasteiger partial charge in [0.2, 0.25) is 0 Å². The van der Waals surface area contributed by atoms with Gasteiger partial charge < -0.3 is 0 Å². The number of fused-ring (bicyclic) bond motifs is 6. The Morgan fingerprint density at radius 2 is 0.618 bits per heavy atom. The number of hydrogen-bond acceptors (Lipinski definition) is 0. The second-order valence-corrected chi connectivity index (χ2v) is 8.97. The van der Waals surface area contributed by atoms with Crippen LogP contribution in [-0.4, -0.2) is 0 Å². The highest BCUT2D eigenvalue weighted by Crippen LogP contribution is 2.40. The fourth-order valence-corrected chi connectivity index (χ4v) is 5.42. The van der Waals surface area contributed by atoms with Crippen molar-refractivity contribution in [3.8, 4) is 22.3 Å². The van der Waals surface area contributed by atoms with E-state index in [9.17, 15) is 0 Å².